The number of nitrogens with zero attached hydrogens (tertiary/aromatic N) is 1. The van der Waals surface area contributed by atoms with Gasteiger partial charge in [0.15, 0.2) is 0 Å². The fraction of sp³-hybridized carbons (Fsp3) is 0.929. The fourth-order valence-corrected chi connectivity index (χ4v) is 2.16. The monoisotopic (exact) mass is 243 g/mol. The van der Waals surface area contributed by atoms with E-state index in [1.165, 1.54) is 38.5 Å². The van der Waals surface area contributed by atoms with Crippen molar-refractivity contribution < 1.29 is 9.90 Å². The molecule has 17 heavy (non-hydrogen) atoms. The Bertz CT molecular complexity index is 195. The van der Waals surface area contributed by atoms with Gasteiger partial charge in [0.1, 0.15) is 0 Å². The van der Waals surface area contributed by atoms with Crippen LogP contribution in [0.2, 0.25) is 0 Å². The Morgan fingerprint density at radius 2 is 1.82 bits per heavy atom. The van der Waals surface area contributed by atoms with Crippen molar-refractivity contribution in [2.24, 2.45) is 0 Å². The number of rotatable bonds is 11. The van der Waals surface area contributed by atoms with Gasteiger partial charge in [0.2, 0.25) is 0 Å². The average Bonchev–Trinajstić information content (AvgIpc) is 2.29. The van der Waals surface area contributed by atoms with Crippen LogP contribution in [-0.4, -0.2) is 35.1 Å². The van der Waals surface area contributed by atoms with E-state index in [0.29, 0.717) is 12.6 Å². The van der Waals surface area contributed by atoms with Gasteiger partial charge in [-0.1, -0.05) is 46.0 Å². The number of hydrogen-bond acceptors (Lipinski definition) is 2. The van der Waals surface area contributed by atoms with Gasteiger partial charge in [-0.3, -0.25) is 4.79 Å². The highest BCUT2D eigenvalue weighted by molar-refractivity contribution is 5.66. The van der Waals surface area contributed by atoms with Gasteiger partial charge in [-0.15, -0.1) is 0 Å². The third-order valence-electron chi connectivity index (χ3n) is 3.37. The first-order valence-electron chi connectivity index (χ1n) is 7.07. The van der Waals surface area contributed by atoms with Crippen molar-refractivity contribution in [3.05, 3.63) is 0 Å². The quantitative estimate of drug-likeness (QED) is 0.564. The third-order valence-corrected chi connectivity index (χ3v) is 3.37. The van der Waals surface area contributed by atoms with Crippen molar-refractivity contribution in [1.82, 2.24) is 4.90 Å². The van der Waals surface area contributed by atoms with Crippen molar-refractivity contribution >= 4 is 5.97 Å². The van der Waals surface area contributed by atoms with Crippen molar-refractivity contribution in [2.45, 2.75) is 71.8 Å². The standard InChI is InChI=1S/C14H29NO2/c1-4-6-7-8-9-10-13(3)15(5-2)12-11-14(16)17/h13H,4-12H2,1-3H3,(H,16,17). The third kappa shape index (κ3) is 9.16. The molecule has 0 aliphatic heterocycles. The molecule has 0 aliphatic carbocycles. The first kappa shape index (κ1) is 16.4. The lowest BCUT2D eigenvalue weighted by Crippen LogP contribution is -2.34. The van der Waals surface area contributed by atoms with E-state index in [-0.39, 0.29) is 6.42 Å². The van der Waals surface area contributed by atoms with Gasteiger partial charge in [-0.25, -0.2) is 0 Å². The fourth-order valence-electron chi connectivity index (χ4n) is 2.16. The Labute approximate surface area is 106 Å². The average molecular weight is 243 g/mol. The van der Waals surface area contributed by atoms with E-state index in [1.807, 2.05) is 0 Å². The second-order valence-corrected chi connectivity index (χ2v) is 4.82. The Hall–Kier alpha value is -0.570. The van der Waals surface area contributed by atoms with Crippen LogP contribution in [0, 0.1) is 0 Å². The van der Waals surface area contributed by atoms with E-state index < -0.39 is 5.97 Å². The van der Waals surface area contributed by atoms with E-state index in [9.17, 15) is 4.79 Å². The van der Waals surface area contributed by atoms with E-state index >= 15 is 0 Å². The molecule has 0 spiro atoms. The van der Waals surface area contributed by atoms with Gasteiger partial charge in [-0.2, -0.15) is 0 Å². The molecule has 1 atom stereocenters. The molecule has 0 aromatic carbocycles. The lowest BCUT2D eigenvalue weighted by atomic mass is 10.1. The summed E-state index contributed by atoms with van der Waals surface area (Å²) < 4.78 is 0. The molecule has 0 aliphatic rings. The molecule has 3 heteroatoms. The molecule has 0 saturated carbocycles. The predicted molar refractivity (Wildman–Crippen MR) is 72.3 cm³/mol. The molecule has 0 bridgehead atoms. The van der Waals surface area contributed by atoms with Crippen molar-refractivity contribution in [1.29, 1.82) is 0 Å². The molecule has 1 N–H and O–H groups in total. The highest BCUT2D eigenvalue weighted by atomic mass is 16.4. The van der Waals surface area contributed by atoms with E-state index in [0.717, 1.165) is 6.54 Å². The summed E-state index contributed by atoms with van der Waals surface area (Å²) in [6.07, 6.45) is 8.00. The zero-order valence-corrected chi connectivity index (χ0v) is 11.7. The number of aliphatic carboxylic acids is 1. The minimum atomic E-state index is -0.696. The Morgan fingerprint density at radius 1 is 1.18 bits per heavy atom. The van der Waals surface area contributed by atoms with E-state index in [1.54, 1.807) is 0 Å². The van der Waals surface area contributed by atoms with Crippen LogP contribution >= 0.6 is 0 Å². The molecule has 0 rings (SSSR count). The van der Waals surface area contributed by atoms with Crippen LogP contribution in [0.5, 0.6) is 0 Å². The van der Waals surface area contributed by atoms with Crippen LogP contribution in [0.25, 0.3) is 0 Å². The molecule has 0 radical (unpaired) electrons. The van der Waals surface area contributed by atoms with Crippen molar-refractivity contribution in [2.75, 3.05) is 13.1 Å². The van der Waals surface area contributed by atoms with Crippen LogP contribution in [0.15, 0.2) is 0 Å². The Balaban J connectivity index is 3.68. The molecule has 0 aromatic heterocycles. The molecular weight excluding hydrogens is 214 g/mol. The summed E-state index contributed by atoms with van der Waals surface area (Å²) in [6, 6.07) is 0.515. The van der Waals surface area contributed by atoms with E-state index in [2.05, 4.69) is 25.7 Å². The van der Waals surface area contributed by atoms with Crippen molar-refractivity contribution in [3.63, 3.8) is 0 Å². The van der Waals surface area contributed by atoms with Crippen LogP contribution in [0.1, 0.15) is 65.7 Å². The van der Waals surface area contributed by atoms with Gasteiger partial charge in [0, 0.05) is 12.6 Å². The van der Waals surface area contributed by atoms with Gasteiger partial charge >= 0.3 is 5.97 Å². The summed E-state index contributed by atoms with van der Waals surface area (Å²) in [4.78, 5) is 12.8. The Morgan fingerprint density at radius 3 is 2.35 bits per heavy atom. The largest absolute Gasteiger partial charge is 0.481 e. The number of carboxylic acids is 1. The van der Waals surface area contributed by atoms with Crippen LogP contribution in [0.3, 0.4) is 0 Å². The molecule has 102 valence electrons. The summed E-state index contributed by atoms with van der Waals surface area (Å²) in [5.74, 6) is -0.696. The highest BCUT2D eigenvalue weighted by Crippen LogP contribution is 2.11. The minimum Gasteiger partial charge on any atom is -0.481 e. The summed E-state index contributed by atoms with van der Waals surface area (Å²) in [6.45, 7) is 8.18. The highest BCUT2D eigenvalue weighted by Gasteiger charge is 2.12. The molecule has 1 unspecified atom stereocenters. The van der Waals surface area contributed by atoms with Crippen molar-refractivity contribution in [3.8, 4) is 0 Å². The van der Waals surface area contributed by atoms with Gasteiger partial charge < -0.3 is 10.0 Å². The van der Waals surface area contributed by atoms with Gasteiger partial charge in [-0.05, 0) is 19.9 Å². The lowest BCUT2D eigenvalue weighted by Gasteiger charge is -2.27. The zero-order valence-electron chi connectivity index (χ0n) is 11.7. The number of carbonyl (C=O) groups is 1. The van der Waals surface area contributed by atoms with Crippen LogP contribution in [-0.2, 0) is 4.79 Å². The molecule has 0 amide bonds. The van der Waals surface area contributed by atoms with Crippen LogP contribution in [0.4, 0.5) is 0 Å². The SMILES string of the molecule is CCCCCCCC(C)N(CC)CCC(=O)O. The molecular formula is C14H29NO2. The maximum absolute atomic E-state index is 10.5. The molecule has 0 saturated heterocycles. The maximum Gasteiger partial charge on any atom is 0.304 e. The number of carboxylic acid groups (broad SMARTS) is 1. The Kier molecular flexibility index (Phi) is 10.2. The number of unbranched alkanes of at least 4 members (excludes halogenated alkanes) is 4. The topological polar surface area (TPSA) is 40.5 Å². The lowest BCUT2D eigenvalue weighted by molar-refractivity contribution is -0.137. The zero-order chi connectivity index (χ0) is 13.1. The van der Waals surface area contributed by atoms with Gasteiger partial charge in [0.25, 0.3) is 0 Å². The first-order valence-corrected chi connectivity index (χ1v) is 7.07. The summed E-state index contributed by atoms with van der Waals surface area (Å²) in [5, 5.41) is 8.69. The second-order valence-electron chi connectivity index (χ2n) is 4.82. The first-order chi connectivity index (χ1) is 8.11. The summed E-state index contributed by atoms with van der Waals surface area (Å²) in [7, 11) is 0. The summed E-state index contributed by atoms with van der Waals surface area (Å²) in [5.41, 5.74) is 0. The van der Waals surface area contributed by atoms with E-state index in [4.69, 9.17) is 5.11 Å². The predicted octanol–water partition coefficient (Wildman–Crippen LogP) is 3.53. The molecule has 0 aromatic rings. The smallest absolute Gasteiger partial charge is 0.304 e. The molecule has 0 heterocycles. The molecule has 0 fully saturated rings. The molecule has 3 nitrogen and oxygen atoms in total. The minimum absolute atomic E-state index is 0.258. The van der Waals surface area contributed by atoms with Crippen LogP contribution < -0.4 is 0 Å². The second kappa shape index (κ2) is 10.6. The van der Waals surface area contributed by atoms with Gasteiger partial charge in [0.05, 0.1) is 6.42 Å². The maximum atomic E-state index is 10.5. The number of hydrogen-bond donors (Lipinski definition) is 1. The summed E-state index contributed by atoms with van der Waals surface area (Å²) >= 11 is 0. The normalized spacial score (nSPS) is 12.9.